The summed E-state index contributed by atoms with van der Waals surface area (Å²) in [6, 6.07) is 0. The second kappa shape index (κ2) is 5.21. The third kappa shape index (κ3) is 2.06. The van der Waals surface area contributed by atoms with Gasteiger partial charge in [0.15, 0.2) is 0 Å². The summed E-state index contributed by atoms with van der Waals surface area (Å²) in [6.07, 6.45) is 1.22. The largest absolute Gasteiger partial charge is 0.389 e. The maximum Gasteiger partial charge on any atom is 0.233 e. The number of likely N-dealkylation sites (tertiary alicyclic amines) is 1. The van der Waals surface area contributed by atoms with Gasteiger partial charge in [0.05, 0.1) is 31.1 Å². The number of imide groups is 1. The number of nitrogens with zero attached hydrogens (tertiary/aromatic N) is 1. The molecule has 0 aromatic rings. The molecular weight excluding hydrogens is 270 g/mol. The molecule has 2 bridgehead atoms. The lowest BCUT2D eigenvalue weighted by molar-refractivity contribution is -0.142. The first-order chi connectivity index (χ1) is 9.97. The summed E-state index contributed by atoms with van der Waals surface area (Å²) in [5.41, 5.74) is 2.62. The molecule has 1 saturated heterocycles. The summed E-state index contributed by atoms with van der Waals surface area (Å²) >= 11 is 0. The van der Waals surface area contributed by atoms with Crippen molar-refractivity contribution in [2.45, 2.75) is 32.8 Å². The van der Waals surface area contributed by atoms with Gasteiger partial charge < -0.3 is 9.84 Å². The number of amides is 2. The van der Waals surface area contributed by atoms with Gasteiger partial charge in [-0.25, -0.2) is 0 Å². The zero-order valence-electron chi connectivity index (χ0n) is 12.8. The monoisotopic (exact) mass is 293 g/mol. The van der Waals surface area contributed by atoms with Crippen molar-refractivity contribution in [3.05, 3.63) is 11.1 Å². The van der Waals surface area contributed by atoms with E-state index < -0.39 is 6.10 Å². The van der Waals surface area contributed by atoms with Gasteiger partial charge in [0.1, 0.15) is 0 Å². The van der Waals surface area contributed by atoms with Crippen molar-refractivity contribution in [2.75, 3.05) is 20.3 Å². The Morgan fingerprint density at radius 2 is 1.76 bits per heavy atom. The average molecular weight is 293 g/mol. The molecule has 3 aliphatic rings. The molecule has 0 aromatic heterocycles. The van der Waals surface area contributed by atoms with Crippen LogP contribution in [0.4, 0.5) is 0 Å². The summed E-state index contributed by atoms with van der Waals surface area (Å²) in [5.74, 6) is -0.0685. The van der Waals surface area contributed by atoms with Crippen LogP contribution >= 0.6 is 0 Å². The Labute approximate surface area is 124 Å². The van der Waals surface area contributed by atoms with Crippen LogP contribution < -0.4 is 0 Å². The maximum absolute atomic E-state index is 12.6. The molecule has 5 nitrogen and oxygen atoms in total. The summed E-state index contributed by atoms with van der Waals surface area (Å²) < 4.78 is 4.87. The van der Waals surface area contributed by atoms with Crippen LogP contribution in [0.15, 0.2) is 11.1 Å². The summed E-state index contributed by atoms with van der Waals surface area (Å²) in [7, 11) is 1.49. The van der Waals surface area contributed by atoms with Gasteiger partial charge in [0.25, 0.3) is 0 Å². The molecule has 21 heavy (non-hydrogen) atoms. The fourth-order valence-corrected chi connectivity index (χ4v) is 4.69. The third-order valence-corrected chi connectivity index (χ3v) is 5.27. The minimum atomic E-state index is -0.803. The minimum Gasteiger partial charge on any atom is -0.389 e. The number of allylic oxidation sites excluding steroid dienone is 2. The number of fused-ring (bicyclic) bond motifs is 5. The van der Waals surface area contributed by atoms with E-state index in [1.807, 2.05) is 0 Å². The van der Waals surface area contributed by atoms with E-state index in [4.69, 9.17) is 4.74 Å². The topological polar surface area (TPSA) is 66.8 Å². The third-order valence-electron chi connectivity index (χ3n) is 5.27. The number of ether oxygens (including phenoxy) is 1. The highest BCUT2D eigenvalue weighted by molar-refractivity contribution is 6.06. The summed E-state index contributed by atoms with van der Waals surface area (Å²) in [5, 5.41) is 9.82. The molecule has 0 unspecified atom stereocenters. The number of β-amino-alcohol motifs (C(OH)–C–C–N with tert-alkyl or cyclic N) is 1. The van der Waals surface area contributed by atoms with Gasteiger partial charge in [0, 0.05) is 7.11 Å². The molecule has 1 heterocycles. The fraction of sp³-hybridized carbons (Fsp3) is 0.750. The van der Waals surface area contributed by atoms with E-state index in [9.17, 15) is 14.7 Å². The van der Waals surface area contributed by atoms with Crippen LogP contribution in [0.3, 0.4) is 0 Å². The SMILES string of the molecule is COC[C@@H](O)CN1C(=O)[C@@H]2[C@H](C1=O)[C@H]1CC[C@@H]2C1=C(C)C. The lowest BCUT2D eigenvalue weighted by Crippen LogP contribution is -2.40. The zero-order valence-corrected chi connectivity index (χ0v) is 12.8. The molecule has 2 saturated carbocycles. The van der Waals surface area contributed by atoms with E-state index in [0.717, 1.165) is 12.8 Å². The normalized spacial score (nSPS) is 35.6. The molecule has 0 aromatic carbocycles. The molecule has 1 aliphatic heterocycles. The molecule has 3 rings (SSSR count). The molecule has 3 fully saturated rings. The number of carbonyl (C=O) groups is 2. The van der Waals surface area contributed by atoms with E-state index in [0.29, 0.717) is 0 Å². The van der Waals surface area contributed by atoms with Gasteiger partial charge in [-0.15, -0.1) is 0 Å². The maximum atomic E-state index is 12.6. The Kier molecular flexibility index (Phi) is 3.66. The molecule has 0 radical (unpaired) electrons. The number of methoxy groups -OCH3 is 1. The molecule has 1 N–H and O–H groups in total. The predicted molar refractivity (Wildman–Crippen MR) is 76.2 cm³/mol. The smallest absolute Gasteiger partial charge is 0.233 e. The van der Waals surface area contributed by atoms with Crippen LogP contribution in [0.5, 0.6) is 0 Å². The first-order valence-electron chi connectivity index (χ1n) is 7.66. The molecule has 116 valence electrons. The van der Waals surface area contributed by atoms with Crippen molar-refractivity contribution < 1.29 is 19.4 Å². The number of rotatable bonds is 4. The van der Waals surface area contributed by atoms with Gasteiger partial charge in [-0.2, -0.15) is 0 Å². The standard InChI is InChI=1S/C16H23NO4/c1-8(2)12-10-4-5-11(12)14-13(10)15(19)17(16(14)20)6-9(18)7-21-3/h9-11,13-14,18H,4-7H2,1-3H3/t9-,10-,11+,13+,14-/m0/s1. The van der Waals surface area contributed by atoms with E-state index >= 15 is 0 Å². The second-order valence-electron chi connectivity index (χ2n) is 6.69. The van der Waals surface area contributed by atoms with Crippen molar-refractivity contribution in [3.63, 3.8) is 0 Å². The quantitative estimate of drug-likeness (QED) is 0.619. The van der Waals surface area contributed by atoms with Crippen molar-refractivity contribution in [1.29, 1.82) is 0 Å². The summed E-state index contributed by atoms with van der Waals surface area (Å²) in [6.45, 7) is 4.36. The first kappa shape index (κ1) is 14.7. The van der Waals surface area contributed by atoms with Crippen LogP contribution in [-0.2, 0) is 14.3 Å². The van der Waals surface area contributed by atoms with Crippen molar-refractivity contribution in [2.24, 2.45) is 23.7 Å². The van der Waals surface area contributed by atoms with Crippen LogP contribution in [0.2, 0.25) is 0 Å². The highest BCUT2D eigenvalue weighted by Gasteiger charge is 2.63. The molecule has 5 atom stereocenters. The summed E-state index contributed by atoms with van der Waals surface area (Å²) in [4.78, 5) is 26.5. The Hall–Kier alpha value is -1.20. The van der Waals surface area contributed by atoms with Gasteiger partial charge in [-0.1, -0.05) is 11.1 Å². The van der Waals surface area contributed by atoms with Crippen LogP contribution in [0.25, 0.3) is 0 Å². The Bertz CT molecular complexity index is 476. The molecule has 2 amide bonds. The number of carbonyl (C=O) groups excluding carboxylic acids is 2. The average Bonchev–Trinajstić information content (AvgIpc) is 3.05. The van der Waals surface area contributed by atoms with Crippen LogP contribution in [-0.4, -0.2) is 48.2 Å². The van der Waals surface area contributed by atoms with Crippen molar-refractivity contribution >= 4 is 11.8 Å². The second-order valence-corrected chi connectivity index (χ2v) is 6.69. The van der Waals surface area contributed by atoms with Crippen LogP contribution in [0.1, 0.15) is 26.7 Å². The van der Waals surface area contributed by atoms with Gasteiger partial charge in [-0.05, 0) is 38.5 Å². The first-order valence-corrected chi connectivity index (χ1v) is 7.66. The number of hydrogen-bond acceptors (Lipinski definition) is 4. The van der Waals surface area contributed by atoms with E-state index in [2.05, 4.69) is 13.8 Å². The van der Waals surface area contributed by atoms with E-state index in [-0.39, 0.29) is 48.6 Å². The molecule has 0 spiro atoms. The van der Waals surface area contributed by atoms with Gasteiger partial charge in [-0.3, -0.25) is 14.5 Å². The van der Waals surface area contributed by atoms with E-state index in [1.165, 1.54) is 23.2 Å². The lowest BCUT2D eigenvalue weighted by Gasteiger charge is -2.21. The van der Waals surface area contributed by atoms with E-state index in [1.54, 1.807) is 0 Å². The van der Waals surface area contributed by atoms with Gasteiger partial charge >= 0.3 is 0 Å². The van der Waals surface area contributed by atoms with Crippen molar-refractivity contribution in [1.82, 2.24) is 4.90 Å². The molecule has 2 aliphatic carbocycles. The number of hydrogen-bond donors (Lipinski definition) is 1. The predicted octanol–water partition coefficient (Wildman–Crippen LogP) is 0.971. The number of aliphatic hydroxyl groups is 1. The van der Waals surface area contributed by atoms with Gasteiger partial charge in [0.2, 0.25) is 11.8 Å². The minimum absolute atomic E-state index is 0.0576. The lowest BCUT2D eigenvalue weighted by atomic mass is 9.81. The Balaban J connectivity index is 1.84. The van der Waals surface area contributed by atoms with Crippen LogP contribution in [0, 0.1) is 23.7 Å². The highest BCUT2D eigenvalue weighted by atomic mass is 16.5. The molecule has 5 heteroatoms. The Morgan fingerprint density at radius 3 is 2.19 bits per heavy atom. The Morgan fingerprint density at radius 1 is 1.24 bits per heavy atom. The van der Waals surface area contributed by atoms with Crippen molar-refractivity contribution in [3.8, 4) is 0 Å². The fourth-order valence-electron chi connectivity index (χ4n) is 4.69. The highest BCUT2D eigenvalue weighted by Crippen LogP contribution is 2.60. The zero-order chi connectivity index (χ0) is 15.3. The molecular formula is C16H23NO4. The number of aliphatic hydroxyl groups excluding tert-OH is 1.